The summed E-state index contributed by atoms with van der Waals surface area (Å²) in [7, 11) is 0. The van der Waals surface area contributed by atoms with E-state index in [1.165, 1.54) is 22.3 Å². The first-order valence-electron chi connectivity index (χ1n) is 10.6. The second kappa shape index (κ2) is 9.58. The molecule has 0 aliphatic heterocycles. The molecule has 1 aliphatic rings. The molecule has 30 heavy (non-hydrogen) atoms. The zero-order chi connectivity index (χ0) is 21.7. The van der Waals surface area contributed by atoms with Crippen LogP contribution in [0.5, 0.6) is 0 Å². The fraction of sp³-hybridized carbons (Fsp3) is 0.250. The molecule has 0 aromatic heterocycles. The Hall–Kier alpha value is -3.13. The summed E-state index contributed by atoms with van der Waals surface area (Å²) in [5.41, 5.74) is 8.67. The van der Waals surface area contributed by atoms with Gasteiger partial charge < -0.3 is 10.7 Å². The highest BCUT2D eigenvalue weighted by Crippen LogP contribution is 2.31. The lowest BCUT2D eigenvalue weighted by atomic mass is 9.87. The minimum Gasteiger partial charge on any atom is -0.384 e. The van der Waals surface area contributed by atoms with Crippen LogP contribution in [-0.4, -0.2) is 5.71 Å². The van der Waals surface area contributed by atoms with Crippen molar-refractivity contribution in [2.75, 3.05) is 0 Å². The Morgan fingerprint density at radius 2 is 1.70 bits per heavy atom. The molecule has 0 bridgehead atoms. The van der Waals surface area contributed by atoms with Gasteiger partial charge in [-0.1, -0.05) is 81.1 Å². The van der Waals surface area contributed by atoms with Gasteiger partial charge in [-0.05, 0) is 65.7 Å². The summed E-state index contributed by atoms with van der Waals surface area (Å²) < 4.78 is 0. The van der Waals surface area contributed by atoms with Gasteiger partial charge in [0.25, 0.3) is 0 Å². The van der Waals surface area contributed by atoms with E-state index in [-0.39, 0.29) is 6.04 Å². The number of hydrogen-bond donors (Lipinski definition) is 2. The van der Waals surface area contributed by atoms with Gasteiger partial charge in [0.2, 0.25) is 0 Å². The molecule has 1 unspecified atom stereocenters. The van der Waals surface area contributed by atoms with E-state index >= 15 is 0 Å². The maximum Gasteiger partial charge on any atom is 0.0629 e. The van der Waals surface area contributed by atoms with Crippen molar-refractivity contribution in [3.63, 3.8) is 0 Å². The monoisotopic (exact) mass is 396 g/mol. The Morgan fingerprint density at radius 1 is 1.00 bits per heavy atom. The molecular weight excluding hydrogens is 364 g/mol. The maximum atomic E-state index is 8.49. The van der Waals surface area contributed by atoms with Crippen LogP contribution in [0.25, 0.3) is 11.6 Å². The van der Waals surface area contributed by atoms with Gasteiger partial charge in [0, 0.05) is 11.8 Å². The van der Waals surface area contributed by atoms with Crippen molar-refractivity contribution < 1.29 is 0 Å². The SMILES string of the molecule is C=Cc1ccc(C(CC(C)C)N/C=C2\C(=N)C=CC(c3ccccc3C)=C2C)cc1. The first kappa shape index (κ1) is 21.6. The molecule has 0 amide bonds. The Morgan fingerprint density at radius 3 is 2.33 bits per heavy atom. The van der Waals surface area contributed by atoms with Crippen LogP contribution in [0, 0.1) is 18.3 Å². The van der Waals surface area contributed by atoms with Crippen LogP contribution >= 0.6 is 0 Å². The van der Waals surface area contributed by atoms with E-state index in [1.807, 2.05) is 18.4 Å². The second-order valence-electron chi connectivity index (χ2n) is 8.38. The van der Waals surface area contributed by atoms with E-state index in [0.29, 0.717) is 11.6 Å². The van der Waals surface area contributed by atoms with Gasteiger partial charge in [0.15, 0.2) is 0 Å². The molecule has 2 aromatic rings. The number of hydrogen-bond acceptors (Lipinski definition) is 2. The molecular formula is C28H32N2. The number of aryl methyl sites for hydroxylation is 1. The molecule has 0 heterocycles. The summed E-state index contributed by atoms with van der Waals surface area (Å²) in [6.07, 6.45) is 8.89. The highest BCUT2D eigenvalue weighted by molar-refractivity contribution is 6.14. The lowest BCUT2D eigenvalue weighted by Gasteiger charge is -2.23. The predicted octanol–water partition coefficient (Wildman–Crippen LogP) is 7.26. The van der Waals surface area contributed by atoms with E-state index < -0.39 is 0 Å². The smallest absolute Gasteiger partial charge is 0.0629 e. The van der Waals surface area contributed by atoms with E-state index in [1.54, 1.807) is 0 Å². The Bertz CT molecular complexity index is 1020. The molecule has 2 nitrogen and oxygen atoms in total. The van der Waals surface area contributed by atoms with Gasteiger partial charge in [0.1, 0.15) is 0 Å². The maximum absolute atomic E-state index is 8.49. The molecule has 2 aromatic carbocycles. The Kier molecular flexibility index (Phi) is 6.89. The van der Waals surface area contributed by atoms with Gasteiger partial charge in [-0.15, -0.1) is 0 Å². The standard InChI is InChI=1S/C28H32N2/c1-6-22-11-13-23(14-12-22)28(17-19(2)3)30-18-26-21(5)25(15-16-27(26)29)24-10-8-7-9-20(24)4/h6-16,18-19,28-30H,1,17H2,2-5H3/b26-18-,29-27?. The first-order chi connectivity index (χ1) is 14.4. The van der Waals surface area contributed by atoms with Crippen molar-refractivity contribution in [3.05, 3.63) is 107 Å². The zero-order valence-electron chi connectivity index (χ0n) is 18.5. The van der Waals surface area contributed by atoms with E-state index in [4.69, 9.17) is 5.41 Å². The van der Waals surface area contributed by atoms with Crippen LogP contribution in [0.3, 0.4) is 0 Å². The summed E-state index contributed by atoms with van der Waals surface area (Å²) in [6, 6.07) is 17.2. The summed E-state index contributed by atoms with van der Waals surface area (Å²) in [5, 5.41) is 12.1. The quantitative estimate of drug-likeness (QED) is 0.507. The van der Waals surface area contributed by atoms with Crippen molar-refractivity contribution in [2.24, 2.45) is 5.92 Å². The Labute approximate surface area is 181 Å². The normalized spacial score (nSPS) is 16.3. The molecule has 0 saturated carbocycles. The predicted molar refractivity (Wildman–Crippen MR) is 131 cm³/mol. The molecule has 0 spiro atoms. The molecule has 154 valence electrons. The van der Waals surface area contributed by atoms with E-state index in [0.717, 1.165) is 23.1 Å². The summed E-state index contributed by atoms with van der Waals surface area (Å²) >= 11 is 0. The van der Waals surface area contributed by atoms with E-state index in [9.17, 15) is 0 Å². The number of rotatable bonds is 7. The van der Waals surface area contributed by atoms with Crippen molar-refractivity contribution in [2.45, 2.75) is 40.2 Å². The van der Waals surface area contributed by atoms with Crippen LogP contribution in [-0.2, 0) is 0 Å². The van der Waals surface area contributed by atoms with Crippen molar-refractivity contribution in [1.29, 1.82) is 5.41 Å². The van der Waals surface area contributed by atoms with Crippen LogP contribution in [0.15, 0.2) is 84.6 Å². The first-order valence-corrected chi connectivity index (χ1v) is 10.6. The highest BCUT2D eigenvalue weighted by atomic mass is 14.9. The van der Waals surface area contributed by atoms with Crippen molar-refractivity contribution in [3.8, 4) is 0 Å². The minimum absolute atomic E-state index is 0.199. The Balaban J connectivity index is 1.93. The summed E-state index contributed by atoms with van der Waals surface area (Å²) in [6.45, 7) is 12.6. The lowest BCUT2D eigenvalue weighted by molar-refractivity contribution is 0.468. The number of benzene rings is 2. The number of allylic oxidation sites excluding steroid dienone is 5. The zero-order valence-corrected chi connectivity index (χ0v) is 18.5. The third-order valence-electron chi connectivity index (χ3n) is 5.66. The lowest BCUT2D eigenvalue weighted by Crippen LogP contribution is -2.20. The van der Waals surface area contributed by atoms with Gasteiger partial charge in [-0.3, -0.25) is 0 Å². The van der Waals surface area contributed by atoms with Crippen molar-refractivity contribution >= 4 is 17.4 Å². The van der Waals surface area contributed by atoms with Crippen LogP contribution < -0.4 is 5.32 Å². The average Bonchev–Trinajstić information content (AvgIpc) is 2.73. The third-order valence-corrected chi connectivity index (χ3v) is 5.66. The average molecular weight is 397 g/mol. The molecule has 2 heteroatoms. The summed E-state index contributed by atoms with van der Waals surface area (Å²) in [5.74, 6) is 0.560. The fourth-order valence-electron chi connectivity index (χ4n) is 3.90. The van der Waals surface area contributed by atoms with Gasteiger partial charge in [0.05, 0.1) is 11.8 Å². The molecule has 0 fully saturated rings. The molecule has 0 saturated heterocycles. The van der Waals surface area contributed by atoms with Crippen molar-refractivity contribution in [1.82, 2.24) is 5.32 Å². The third kappa shape index (κ3) is 4.88. The largest absolute Gasteiger partial charge is 0.384 e. The minimum atomic E-state index is 0.199. The van der Waals surface area contributed by atoms with Gasteiger partial charge in [-0.25, -0.2) is 0 Å². The van der Waals surface area contributed by atoms with E-state index in [2.05, 4.69) is 94.2 Å². The van der Waals surface area contributed by atoms with Gasteiger partial charge in [-0.2, -0.15) is 0 Å². The molecule has 1 atom stereocenters. The molecule has 3 rings (SSSR count). The molecule has 0 radical (unpaired) electrons. The highest BCUT2D eigenvalue weighted by Gasteiger charge is 2.18. The second-order valence-corrected chi connectivity index (χ2v) is 8.38. The molecule has 1 aliphatic carbocycles. The topological polar surface area (TPSA) is 35.9 Å². The number of nitrogens with one attached hydrogen (secondary N) is 2. The van der Waals surface area contributed by atoms with Crippen LogP contribution in [0.1, 0.15) is 55.5 Å². The van der Waals surface area contributed by atoms with Crippen LogP contribution in [0.4, 0.5) is 0 Å². The van der Waals surface area contributed by atoms with Crippen LogP contribution in [0.2, 0.25) is 0 Å². The summed E-state index contributed by atoms with van der Waals surface area (Å²) in [4.78, 5) is 0. The van der Waals surface area contributed by atoms with Gasteiger partial charge >= 0.3 is 0 Å². The fourth-order valence-corrected chi connectivity index (χ4v) is 3.90. The molecule has 2 N–H and O–H groups in total.